The van der Waals surface area contributed by atoms with Crippen LogP contribution in [0.1, 0.15) is 5.56 Å². The molecular weight excluding hydrogens is 458 g/mol. The van der Waals surface area contributed by atoms with Gasteiger partial charge in [-0.25, -0.2) is 10.5 Å². The standard InChI is InChI=1S/C20H26ClN5O5S/c1-24(18(20(27)23-28)15-31-14-16-5-3-2-4-6-16)32(29,30)26-11-9-25(10-12-26)19-8-7-17(21)13-22-19/h2-8,13,18,28H,9-12,14-15H2,1H3,(H,23,27). The van der Waals surface area contributed by atoms with Gasteiger partial charge >= 0.3 is 0 Å². The number of aromatic nitrogens is 1. The van der Waals surface area contributed by atoms with Crippen LogP contribution in [0.2, 0.25) is 5.02 Å². The highest BCUT2D eigenvalue weighted by atomic mass is 35.5. The molecule has 1 aromatic heterocycles. The first kappa shape index (κ1) is 24.4. The summed E-state index contributed by atoms with van der Waals surface area (Å²) in [6, 6.07) is 11.6. The monoisotopic (exact) mass is 483 g/mol. The van der Waals surface area contributed by atoms with E-state index in [4.69, 9.17) is 21.5 Å². The number of carbonyl (C=O) groups excluding carboxylic acids is 1. The molecule has 0 spiro atoms. The summed E-state index contributed by atoms with van der Waals surface area (Å²) in [7, 11) is -2.68. The van der Waals surface area contributed by atoms with Crippen molar-refractivity contribution in [3.63, 3.8) is 0 Å². The number of hydrogen-bond donors (Lipinski definition) is 2. The first-order chi connectivity index (χ1) is 15.3. The van der Waals surface area contributed by atoms with Gasteiger partial charge in [-0.05, 0) is 17.7 Å². The first-order valence-electron chi connectivity index (χ1n) is 9.98. The lowest BCUT2D eigenvalue weighted by atomic mass is 10.2. The molecule has 32 heavy (non-hydrogen) atoms. The molecule has 0 aliphatic carbocycles. The molecule has 1 aromatic carbocycles. The van der Waals surface area contributed by atoms with Gasteiger partial charge < -0.3 is 9.64 Å². The van der Waals surface area contributed by atoms with Gasteiger partial charge in [-0.1, -0.05) is 41.9 Å². The number of pyridine rings is 1. The fourth-order valence-corrected chi connectivity index (χ4v) is 4.91. The zero-order chi connectivity index (χ0) is 23.1. The molecule has 1 aliphatic heterocycles. The Morgan fingerprint density at radius 3 is 2.50 bits per heavy atom. The van der Waals surface area contributed by atoms with Crippen molar-refractivity contribution >= 4 is 33.5 Å². The maximum atomic E-state index is 13.2. The van der Waals surface area contributed by atoms with Gasteiger partial charge in [0.2, 0.25) is 0 Å². The number of hydroxylamine groups is 1. The quantitative estimate of drug-likeness (QED) is 0.405. The first-order valence-corrected chi connectivity index (χ1v) is 11.8. The van der Waals surface area contributed by atoms with E-state index in [0.29, 0.717) is 23.9 Å². The number of ether oxygens (including phenoxy) is 1. The Morgan fingerprint density at radius 1 is 1.22 bits per heavy atom. The van der Waals surface area contributed by atoms with Crippen molar-refractivity contribution in [2.24, 2.45) is 0 Å². The second kappa shape index (κ2) is 11.0. The van der Waals surface area contributed by atoms with Gasteiger partial charge in [-0.2, -0.15) is 17.0 Å². The lowest BCUT2D eigenvalue weighted by molar-refractivity contribution is -0.135. The van der Waals surface area contributed by atoms with E-state index in [-0.39, 0.29) is 26.3 Å². The number of benzene rings is 1. The number of nitrogens with one attached hydrogen (secondary N) is 1. The molecule has 2 aromatic rings. The van der Waals surface area contributed by atoms with Crippen molar-refractivity contribution in [3.05, 3.63) is 59.2 Å². The zero-order valence-electron chi connectivity index (χ0n) is 17.6. The molecule has 0 radical (unpaired) electrons. The molecule has 2 N–H and O–H groups in total. The summed E-state index contributed by atoms with van der Waals surface area (Å²) in [6.07, 6.45) is 1.54. The molecule has 0 bridgehead atoms. The largest absolute Gasteiger partial charge is 0.375 e. The number of likely N-dealkylation sites (N-methyl/N-ethyl adjacent to an activating group) is 1. The zero-order valence-corrected chi connectivity index (χ0v) is 19.2. The highest BCUT2D eigenvalue weighted by molar-refractivity contribution is 7.86. The van der Waals surface area contributed by atoms with Gasteiger partial charge in [-0.3, -0.25) is 10.0 Å². The Bertz CT molecular complexity index is 985. The minimum Gasteiger partial charge on any atom is -0.375 e. The summed E-state index contributed by atoms with van der Waals surface area (Å²) < 4.78 is 34.1. The van der Waals surface area contributed by atoms with E-state index in [9.17, 15) is 13.2 Å². The predicted octanol–water partition coefficient (Wildman–Crippen LogP) is 1.12. The topological polar surface area (TPSA) is 115 Å². The van der Waals surface area contributed by atoms with Gasteiger partial charge in [0.25, 0.3) is 16.1 Å². The summed E-state index contributed by atoms with van der Waals surface area (Å²) in [4.78, 5) is 18.4. The lowest BCUT2D eigenvalue weighted by Gasteiger charge is -2.37. The molecule has 3 rings (SSSR count). The van der Waals surface area contributed by atoms with E-state index in [2.05, 4.69) is 4.98 Å². The molecule has 1 fully saturated rings. The number of hydrogen-bond acceptors (Lipinski definition) is 7. The van der Waals surface area contributed by atoms with E-state index in [1.807, 2.05) is 35.2 Å². The number of piperazine rings is 1. The van der Waals surface area contributed by atoms with E-state index < -0.39 is 22.2 Å². The molecule has 1 unspecified atom stereocenters. The van der Waals surface area contributed by atoms with Crippen LogP contribution in [0.25, 0.3) is 0 Å². The Morgan fingerprint density at radius 2 is 1.91 bits per heavy atom. The minimum atomic E-state index is -3.98. The van der Waals surface area contributed by atoms with Gasteiger partial charge in [0.05, 0.1) is 18.2 Å². The van der Waals surface area contributed by atoms with E-state index >= 15 is 0 Å². The maximum absolute atomic E-state index is 13.2. The second-order valence-corrected chi connectivity index (χ2v) is 9.66. The molecule has 10 nitrogen and oxygen atoms in total. The van der Waals surface area contributed by atoms with Crippen molar-refractivity contribution in [2.75, 3.05) is 44.7 Å². The second-order valence-electron chi connectivity index (χ2n) is 7.24. The summed E-state index contributed by atoms with van der Waals surface area (Å²) in [5.74, 6) is -0.153. The van der Waals surface area contributed by atoms with Crippen LogP contribution in [0.15, 0.2) is 48.7 Å². The maximum Gasteiger partial charge on any atom is 0.282 e. The van der Waals surface area contributed by atoms with E-state index in [1.54, 1.807) is 18.3 Å². The van der Waals surface area contributed by atoms with Crippen LogP contribution in [0.5, 0.6) is 0 Å². The average molecular weight is 484 g/mol. The van der Waals surface area contributed by atoms with Gasteiger partial charge in [0, 0.05) is 39.4 Å². The molecule has 1 aliphatic rings. The van der Waals surface area contributed by atoms with Crippen molar-refractivity contribution < 1.29 is 23.2 Å². The number of nitrogens with zero attached hydrogens (tertiary/aromatic N) is 4. The third kappa shape index (κ3) is 5.94. The van der Waals surface area contributed by atoms with Crippen LogP contribution in [-0.2, 0) is 26.3 Å². The molecular formula is C20H26ClN5O5S. The number of halogens is 1. The number of carbonyl (C=O) groups is 1. The summed E-state index contributed by atoms with van der Waals surface area (Å²) in [6.45, 7) is 1.29. The Hall–Kier alpha value is -2.28. The van der Waals surface area contributed by atoms with Crippen molar-refractivity contribution in [1.29, 1.82) is 0 Å². The highest BCUT2D eigenvalue weighted by Gasteiger charge is 2.37. The fraction of sp³-hybridized carbons (Fsp3) is 0.400. The van der Waals surface area contributed by atoms with Crippen molar-refractivity contribution in [2.45, 2.75) is 12.6 Å². The molecule has 1 atom stereocenters. The van der Waals surface area contributed by atoms with Crippen LogP contribution in [-0.4, -0.2) is 79.0 Å². The fourth-order valence-electron chi connectivity index (χ4n) is 3.33. The van der Waals surface area contributed by atoms with Crippen LogP contribution in [0.4, 0.5) is 5.82 Å². The molecule has 0 saturated carbocycles. The number of amides is 1. The Labute approximate surface area is 192 Å². The molecule has 1 saturated heterocycles. The number of rotatable bonds is 9. The Balaban J connectivity index is 1.62. The molecule has 12 heteroatoms. The third-order valence-electron chi connectivity index (χ3n) is 5.20. The van der Waals surface area contributed by atoms with Crippen LogP contribution >= 0.6 is 11.6 Å². The van der Waals surface area contributed by atoms with E-state index in [1.165, 1.54) is 16.8 Å². The average Bonchev–Trinajstić information content (AvgIpc) is 2.82. The molecule has 2 heterocycles. The van der Waals surface area contributed by atoms with Gasteiger partial charge in [0.1, 0.15) is 11.9 Å². The highest BCUT2D eigenvalue weighted by Crippen LogP contribution is 2.19. The predicted molar refractivity (Wildman–Crippen MR) is 120 cm³/mol. The summed E-state index contributed by atoms with van der Waals surface area (Å²) >= 11 is 5.87. The van der Waals surface area contributed by atoms with Crippen LogP contribution < -0.4 is 10.4 Å². The van der Waals surface area contributed by atoms with E-state index in [0.717, 1.165) is 9.87 Å². The minimum absolute atomic E-state index is 0.205. The summed E-state index contributed by atoms with van der Waals surface area (Å²) in [5, 5.41) is 9.64. The third-order valence-corrected chi connectivity index (χ3v) is 7.43. The van der Waals surface area contributed by atoms with Crippen LogP contribution in [0.3, 0.4) is 0 Å². The smallest absolute Gasteiger partial charge is 0.282 e. The van der Waals surface area contributed by atoms with Gasteiger partial charge in [0.15, 0.2) is 0 Å². The van der Waals surface area contributed by atoms with Crippen molar-refractivity contribution in [1.82, 2.24) is 19.1 Å². The number of anilines is 1. The lowest BCUT2D eigenvalue weighted by Crippen LogP contribution is -2.57. The SMILES string of the molecule is CN(C(COCc1ccccc1)C(=O)NO)S(=O)(=O)N1CCN(c2ccc(Cl)cn2)CC1. The molecule has 1 amide bonds. The Kier molecular flexibility index (Phi) is 8.40. The normalized spacial score (nSPS) is 16.2. The van der Waals surface area contributed by atoms with Crippen molar-refractivity contribution in [3.8, 4) is 0 Å². The molecule has 174 valence electrons. The summed E-state index contributed by atoms with van der Waals surface area (Å²) in [5.41, 5.74) is 2.41. The van der Waals surface area contributed by atoms with Crippen LogP contribution in [0, 0.1) is 0 Å². The van der Waals surface area contributed by atoms with Gasteiger partial charge in [-0.15, -0.1) is 0 Å².